The Kier molecular flexibility index (Phi) is 2.36. The van der Waals surface area contributed by atoms with Crippen molar-refractivity contribution in [3.8, 4) is 11.3 Å². The molecule has 2 aromatic carbocycles. The van der Waals surface area contributed by atoms with Gasteiger partial charge in [0.15, 0.2) is 0 Å². The molecule has 0 aliphatic rings. The first kappa shape index (κ1) is 11.2. The topological polar surface area (TPSA) is 17.8 Å². The zero-order chi connectivity index (χ0) is 13.5. The van der Waals surface area contributed by atoms with Crippen LogP contribution in [0.2, 0.25) is 0 Å². The van der Waals surface area contributed by atoms with Crippen LogP contribution >= 0.6 is 0 Å². The zero-order valence-electron chi connectivity index (χ0n) is 11.2. The van der Waals surface area contributed by atoms with Gasteiger partial charge >= 0.3 is 0 Å². The molecule has 4 aromatic rings. The van der Waals surface area contributed by atoms with Crippen LogP contribution in [0.25, 0.3) is 33.1 Å². The Morgan fingerprint density at radius 1 is 0.850 bits per heavy atom. The van der Waals surface area contributed by atoms with E-state index in [0.717, 1.165) is 16.8 Å². The minimum absolute atomic E-state index is 1.02. The number of hydrogen-bond donors (Lipinski definition) is 0. The molecule has 2 nitrogen and oxygen atoms in total. The van der Waals surface area contributed by atoms with Crippen LogP contribution in [0.3, 0.4) is 0 Å². The Labute approximate surface area is 117 Å². The normalized spacial score (nSPS) is 11.2. The first-order valence-electron chi connectivity index (χ1n) is 6.72. The number of fused-ring (bicyclic) bond motifs is 2. The fourth-order valence-corrected chi connectivity index (χ4v) is 2.67. The highest BCUT2D eigenvalue weighted by molar-refractivity contribution is 5.87. The average Bonchev–Trinajstić information content (AvgIpc) is 2.88. The van der Waals surface area contributed by atoms with Gasteiger partial charge in [-0.15, -0.1) is 0 Å². The molecule has 0 bridgehead atoms. The fraction of sp³-hybridized carbons (Fsp3) is 0.0556. The number of aryl methyl sites for hydroxylation is 1. The van der Waals surface area contributed by atoms with Gasteiger partial charge in [0.05, 0.1) is 11.2 Å². The lowest BCUT2D eigenvalue weighted by atomic mass is 10.1. The second-order valence-corrected chi connectivity index (χ2v) is 5.09. The molecular formula is C18H14N2. The summed E-state index contributed by atoms with van der Waals surface area (Å²) >= 11 is 0. The Bertz CT molecular complexity index is 919. The third kappa shape index (κ3) is 1.69. The van der Waals surface area contributed by atoms with Crippen molar-refractivity contribution >= 4 is 21.8 Å². The molecule has 0 radical (unpaired) electrons. The molecule has 0 spiro atoms. The average molecular weight is 258 g/mol. The highest BCUT2D eigenvalue weighted by Crippen LogP contribution is 2.25. The Balaban J connectivity index is 1.91. The summed E-state index contributed by atoms with van der Waals surface area (Å²) < 4.78 is 2.13. The number of benzene rings is 2. The fourth-order valence-electron chi connectivity index (χ4n) is 2.67. The van der Waals surface area contributed by atoms with Crippen LogP contribution in [-0.2, 0) is 7.05 Å². The summed E-state index contributed by atoms with van der Waals surface area (Å²) in [5.74, 6) is 0. The predicted molar refractivity (Wildman–Crippen MR) is 83.7 cm³/mol. The van der Waals surface area contributed by atoms with Crippen LogP contribution in [0.5, 0.6) is 0 Å². The lowest BCUT2D eigenvalue weighted by molar-refractivity contribution is 0.969. The largest absolute Gasteiger partial charge is 0.351 e. The molecule has 4 rings (SSSR count). The standard InChI is InChI=1S/C18H14N2/c1-20-11-10-15-12-14(7-9-18(15)20)17-8-6-13-4-2-3-5-16(13)19-17/h2-12H,1H3. The molecule has 20 heavy (non-hydrogen) atoms. The van der Waals surface area contributed by atoms with Crippen molar-refractivity contribution in [1.29, 1.82) is 0 Å². The van der Waals surface area contributed by atoms with Gasteiger partial charge in [0.2, 0.25) is 0 Å². The van der Waals surface area contributed by atoms with Crippen molar-refractivity contribution in [1.82, 2.24) is 9.55 Å². The zero-order valence-corrected chi connectivity index (χ0v) is 11.2. The van der Waals surface area contributed by atoms with Crippen molar-refractivity contribution in [2.24, 2.45) is 7.05 Å². The van der Waals surface area contributed by atoms with Crippen molar-refractivity contribution in [2.45, 2.75) is 0 Å². The molecule has 2 heteroatoms. The summed E-state index contributed by atoms with van der Waals surface area (Å²) in [5.41, 5.74) is 4.47. The summed E-state index contributed by atoms with van der Waals surface area (Å²) in [6, 6.07) is 21.1. The molecule has 96 valence electrons. The van der Waals surface area contributed by atoms with Gasteiger partial charge in [-0.1, -0.05) is 30.3 Å². The number of hydrogen-bond acceptors (Lipinski definition) is 1. The van der Waals surface area contributed by atoms with E-state index in [2.05, 4.69) is 66.3 Å². The van der Waals surface area contributed by atoms with Gasteiger partial charge in [0, 0.05) is 35.1 Å². The summed E-state index contributed by atoms with van der Waals surface area (Å²) in [7, 11) is 2.07. The summed E-state index contributed by atoms with van der Waals surface area (Å²) in [6.07, 6.45) is 2.09. The number of aromatic nitrogens is 2. The smallest absolute Gasteiger partial charge is 0.0709 e. The van der Waals surface area contributed by atoms with E-state index in [1.54, 1.807) is 0 Å². The van der Waals surface area contributed by atoms with Gasteiger partial charge in [-0.05, 0) is 30.3 Å². The predicted octanol–water partition coefficient (Wildman–Crippen LogP) is 4.39. The highest BCUT2D eigenvalue weighted by atomic mass is 14.9. The van der Waals surface area contributed by atoms with Gasteiger partial charge in [0.25, 0.3) is 0 Å². The van der Waals surface area contributed by atoms with Crippen LogP contribution in [0, 0.1) is 0 Å². The molecule has 0 aliphatic carbocycles. The van der Waals surface area contributed by atoms with Gasteiger partial charge < -0.3 is 4.57 Å². The molecule has 2 aromatic heterocycles. The SMILES string of the molecule is Cn1ccc2cc(-c3ccc4ccccc4n3)ccc21. The van der Waals surface area contributed by atoms with E-state index in [1.807, 2.05) is 12.1 Å². The lowest BCUT2D eigenvalue weighted by Gasteiger charge is -2.04. The minimum atomic E-state index is 1.02. The summed E-state index contributed by atoms with van der Waals surface area (Å²) in [4.78, 5) is 4.75. The number of rotatable bonds is 1. The monoisotopic (exact) mass is 258 g/mol. The first-order valence-corrected chi connectivity index (χ1v) is 6.72. The van der Waals surface area contributed by atoms with Crippen molar-refractivity contribution in [3.05, 3.63) is 66.9 Å². The van der Waals surface area contributed by atoms with E-state index in [4.69, 9.17) is 4.98 Å². The number of nitrogens with zero attached hydrogens (tertiary/aromatic N) is 2. The maximum atomic E-state index is 4.75. The summed E-state index contributed by atoms with van der Waals surface area (Å²) in [5, 5.41) is 2.43. The third-order valence-electron chi connectivity index (χ3n) is 3.78. The van der Waals surface area contributed by atoms with Gasteiger partial charge in [-0.2, -0.15) is 0 Å². The molecule has 0 unspecified atom stereocenters. The van der Waals surface area contributed by atoms with Crippen molar-refractivity contribution in [3.63, 3.8) is 0 Å². The Morgan fingerprint density at radius 2 is 1.75 bits per heavy atom. The summed E-state index contributed by atoms with van der Waals surface area (Å²) in [6.45, 7) is 0. The second kappa shape index (κ2) is 4.20. The third-order valence-corrected chi connectivity index (χ3v) is 3.78. The molecule has 0 fully saturated rings. The van der Waals surface area contributed by atoms with E-state index < -0.39 is 0 Å². The van der Waals surface area contributed by atoms with E-state index in [-0.39, 0.29) is 0 Å². The van der Waals surface area contributed by atoms with Crippen molar-refractivity contribution < 1.29 is 0 Å². The van der Waals surface area contributed by atoms with E-state index in [9.17, 15) is 0 Å². The highest BCUT2D eigenvalue weighted by Gasteiger charge is 2.04. The van der Waals surface area contributed by atoms with Gasteiger partial charge in [-0.3, -0.25) is 0 Å². The molecular weight excluding hydrogens is 244 g/mol. The van der Waals surface area contributed by atoms with Crippen molar-refractivity contribution in [2.75, 3.05) is 0 Å². The molecule has 0 atom stereocenters. The van der Waals surface area contributed by atoms with Gasteiger partial charge in [-0.25, -0.2) is 4.98 Å². The molecule has 0 N–H and O–H groups in total. The van der Waals surface area contributed by atoms with E-state index in [0.29, 0.717) is 0 Å². The van der Waals surface area contributed by atoms with E-state index >= 15 is 0 Å². The maximum absolute atomic E-state index is 4.75. The second-order valence-electron chi connectivity index (χ2n) is 5.09. The number of pyridine rings is 1. The van der Waals surface area contributed by atoms with Crippen LogP contribution < -0.4 is 0 Å². The maximum Gasteiger partial charge on any atom is 0.0709 e. The molecule has 0 saturated heterocycles. The van der Waals surface area contributed by atoms with E-state index in [1.165, 1.54) is 16.3 Å². The van der Waals surface area contributed by atoms with Crippen LogP contribution in [0.15, 0.2) is 66.9 Å². The van der Waals surface area contributed by atoms with Crippen LogP contribution in [-0.4, -0.2) is 9.55 Å². The van der Waals surface area contributed by atoms with Crippen LogP contribution in [0.4, 0.5) is 0 Å². The molecule has 0 amide bonds. The first-order chi connectivity index (χ1) is 9.81. The molecule has 0 saturated carbocycles. The Hall–Kier alpha value is -2.61. The Morgan fingerprint density at radius 3 is 2.70 bits per heavy atom. The van der Waals surface area contributed by atoms with Crippen LogP contribution in [0.1, 0.15) is 0 Å². The van der Waals surface area contributed by atoms with Gasteiger partial charge in [0.1, 0.15) is 0 Å². The minimum Gasteiger partial charge on any atom is -0.351 e. The molecule has 2 heterocycles. The molecule has 0 aliphatic heterocycles. The quantitative estimate of drug-likeness (QED) is 0.495. The lowest BCUT2D eigenvalue weighted by Crippen LogP contribution is -1.86. The number of para-hydroxylation sites is 1.